The largest absolute Gasteiger partial charge is 0.379 e. The monoisotopic (exact) mass is 187 g/mol. The van der Waals surface area contributed by atoms with Crippen molar-refractivity contribution in [2.75, 3.05) is 20.2 Å². The summed E-state index contributed by atoms with van der Waals surface area (Å²) in [6.07, 6.45) is 1.38. The van der Waals surface area contributed by atoms with Gasteiger partial charge < -0.3 is 14.8 Å². The van der Waals surface area contributed by atoms with Crippen molar-refractivity contribution in [2.45, 2.75) is 45.0 Å². The van der Waals surface area contributed by atoms with Gasteiger partial charge in [-0.05, 0) is 20.3 Å². The lowest BCUT2D eigenvalue weighted by atomic mass is 10.00. The molecule has 1 rings (SSSR count). The first-order valence-electron chi connectivity index (χ1n) is 5.02. The number of nitrogens with one attached hydrogen (secondary N) is 1. The molecule has 1 aliphatic heterocycles. The molecule has 1 fully saturated rings. The zero-order valence-corrected chi connectivity index (χ0v) is 9.09. The summed E-state index contributed by atoms with van der Waals surface area (Å²) < 4.78 is 11.3. The molecule has 1 N–H and O–H groups in total. The minimum Gasteiger partial charge on any atom is -0.379 e. The highest BCUT2D eigenvalue weighted by Gasteiger charge is 2.33. The molecule has 1 heterocycles. The lowest BCUT2D eigenvalue weighted by Gasteiger charge is -2.40. The molecule has 0 aromatic heterocycles. The molecule has 0 amide bonds. The van der Waals surface area contributed by atoms with Gasteiger partial charge in [-0.2, -0.15) is 0 Å². The summed E-state index contributed by atoms with van der Waals surface area (Å²) in [6, 6.07) is 0. The Hall–Kier alpha value is -0.120. The van der Waals surface area contributed by atoms with Crippen LogP contribution in [0.3, 0.4) is 0 Å². The van der Waals surface area contributed by atoms with E-state index in [1.807, 2.05) is 6.92 Å². The van der Waals surface area contributed by atoms with Crippen molar-refractivity contribution in [1.82, 2.24) is 5.32 Å². The predicted molar refractivity (Wildman–Crippen MR) is 52.9 cm³/mol. The molecule has 0 bridgehead atoms. The molecule has 1 saturated heterocycles. The third-order valence-corrected chi connectivity index (χ3v) is 2.92. The van der Waals surface area contributed by atoms with Gasteiger partial charge in [-0.25, -0.2) is 0 Å². The molecule has 0 aliphatic carbocycles. The van der Waals surface area contributed by atoms with Gasteiger partial charge in [0, 0.05) is 20.2 Å². The predicted octanol–water partition coefficient (Wildman–Crippen LogP) is 1.18. The molecular weight excluding hydrogens is 166 g/mol. The first-order chi connectivity index (χ1) is 6.11. The van der Waals surface area contributed by atoms with Crippen LogP contribution in [0.25, 0.3) is 0 Å². The van der Waals surface area contributed by atoms with Gasteiger partial charge in [-0.1, -0.05) is 6.92 Å². The van der Waals surface area contributed by atoms with Gasteiger partial charge in [0.25, 0.3) is 0 Å². The lowest BCUT2D eigenvalue weighted by Crippen LogP contribution is -2.55. The summed E-state index contributed by atoms with van der Waals surface area (Å²) in [5, 5.41) is 3.39. The van der Waals surface area contributed by atoms with Crippen molar-refractivity contribution < 1.29 is 9.47 Å². The van der Waals surface area contributed by atoms with Gasteiger partial charge in [0.05, 0.1) is 17.8 Å². The highest BCUT2D eigenvalue weighted by molar-refractivity contribution is 4.86. The quantitative estimate of drug-likeness (QED) is 0.719. The Balaban J connectivity index is 2.51. The number of hydrogen-bond donors (Lipinski definition) is 1. The number of ether oxygens (including phenoxy) is 2. The van der Waals surface area contributed by atoms with Crippen LogP contribution in [0.1, 0.15) is 27.2 Å². The maximum absolute atomic E-state index is 5.99. The Morgan fingerprint density at radius 1 is 1.69 bits per heavy atom. The second kappa shape index (κ2) is 4.40. The SMILES string of the molecule is CCC1(C)CNCC(C(C)OC)O1. The molecule has 13 heavy (non-hydrogen) atoms. The van der Waals surface area contributed by atoms with Crippen LogP contribution in [0.5, 0.6) is 0 Å². The van der Waals surface area contributed by atoms with Gasteiger partial charge in [0.1, 0.15) is 0 Å². The van der Waals surface area contributed by atoms with Crippen LogP contribution < -0.4 is 5.32 Å². The smallest absolute Gasteiger partial charge is 0.0965 e. The lowest BCUT2D eigenvalue weighted by molar-refractivity contribution is -0.149. The van der Waals surface area contributed by atoms with E-state index in [4.69, 9.17) is 9.47 Å². The van der Waals surface area contributed by atoms with Crippen LogP contribution in [0.15, 0.2) is 0 Å². The van der Waals surface area contributed by atoms with Gasteiger partial charge in [0.2, 0.25) is 0 Å². The average molecular weight is 187 g/mol. The van der Waals surface area contributed by atoms with Gasteiger partial charge >= 0.3 is 0 Å². The van der Waals surface area contributed by atoms with Crippen molar-refractivity contribution in [3.63, 3.8) is 0 Å². The third kappa shape index (κ3) is 2.66. The van der Waals surface area contributed by atoms with Crippen LogP contribution in [-0.4, -0.2) is 38.0 Å². The fourth-order valence-electron chi connectivity index (χ4n) is 1.55. The highest BCUT2D eigenvalue weighted by atomic mass is 16.6. The molecular formula is C10H21NO2. The minimum atomic E-state index is -0.0181. The van der Waals surface area contributed by atoms with E-state index in [2.05, 4.69) is 19.2 Å². The van der Waals surface area contributed by atoms with Gasteiger partial charge in [-0.3, -0.25) is 0 Å². The van der Waals surface area contributed by atoms with E-state index in [1.54, 1.807) is 7.11 Å². The molecule has 78 valence electrons. The van der Waals surface area contributed by atoms with E-state index in [1.165, 1.54) is 0 Å². The minimum absolute atomic E-state index is 0.0181. The fourth-order valence-corrected chi connectivity index (χ4v) is 1.55. The number of rotatable bonds is 3. The highest BCUT2D eigenvalue weighted by Crippen LogP contribution is 2.22. The molecule has 0 aromatic carbocycles. The van der Waals surface area contributed by atoms with E-state index in [0.717, 1.165) is 19.5 Å². The Kier molecular flexibility index (Phi) is 3.71. The fraction of sp³-hybridized carbons (Fsp3) is 1.00. The molecule has 0 aromatic rings. The van der Waals surface area contributed by atoms with Crippen LogP contribution in [-0.2, 0) is 9.47 Å². The van der Waals surface area contributed by atoms with E-state index >= 15 is 0 Å². The van der Waals surface area contributed by atoms with E-state index in [0.29, 0.717) is 0 Å². The third-order valence-electron chi connectivity index (χ3n) is 2.92. The van der Waals surface area contributed by atoms with E-state index < -0.39 is 0 Å². The van der Waals surface area contributed by atoms with Crippen LogP contribution >= 0.6 is 0 Å². The Morgan fingerprint density at radius 2 is 2.38 bits per heavy atom. The molecule has 3 unspecified atom stereocenters. The van der Waals surface area contributed by atoms with Crippen LogP contribution in [0.4, 0.5) is 0 Å². The van der Waals surface area contributed by atoms with E-state index in [9.17, 15) is 0 Å². The second-order valence-corrected chi connectivity index (χ2v) is 4.03. The summed E-state index contributed by atoms with van der Waals surface area (Å²) >= 11 is 0. The van der Waals surface area contributed by atoms with E-state index in [-0.39, 0.29) is 17.8 Å². The summed E-state index contributed by atoms with van der Waals surface area (Å²) in [6.45, 7) is 8.19. The van der Waals surface area contributed by atoms with Gasteiger partial charge in [0.15, 0.2) is 0 Å². The Labute approximate surface area is 80.8 Å². The molecule has 0 radical (unpaired) electrons. The summed E-state index contributed by atoms with van der Waals surface area (Å²) in [7, 11) is 1.73. The van der Waals surface area contributed by atoms with Crippen molar-refractivity contribution in [2.24, 2.45) is 0 Å². The molecule has 3 heteroatoms. The van der Waals surface area contributed by atoms with Crippen LogP contribution in [0, 0.1) is 0 Å². The van der Waals surface area contributed by atoms with Crippen LogP contribution in [0.2, 0.25) is 0 Å². The second-order valence-electron chi connectivity index (χ2n) is 4.03. The molecule has 3 atom stereocenters. The molecule has 1 aliphatic rings. The summed E-state index contributed by atoms with van der Waals surface area (Å²) in [5.74, 6) is 0. The Morgan fingerprint density at radius 3 is 2.92 bits per heavy atom. The molecule has 0 spiro atoms. The van der Waals surface area contributed by atoms with Crippen molar-refractivity contribution in [1.29, 1.82) is 0 Å². The Bertz CT molecular complexity index is 163. The standard InChI is InChI=1S/C10H21NO2/c1-5-10(3)7-11-6-9(13-10)8(2)12-4/h8-9,11H,5-7H2,1-4H3. The normalized spacial score (nSPS) is 37.4. The maximum Gasteiger partial charge on any atom is 0.0965 e. The first-order valence-corrected chi connectivity index (χ1v) is 5.02. The first kappa shape index (κ1) is 11.0. The van der Waals surface area contributed by atoms with Crippen molar-refractivity contribution in [3.05, 3.63) is 0 Å². The zero-order valence-electron chi connectivity index (χ0n) is 9.09. The maximum atomic E-state index is 5.99. The number of hydrogen-bond acceptors (Lipinski definition) is 3. The molecule has 0 saturated carbocycles. The van der Waals surface area contributed by atoms with Crippen molar-refractivity contribution >= 4 is 0 Å². The molecule has 3 nitrogen and oxygen atoms in total. The summed E-state index contributed by atoms with van der Waals surface area (Å²) in [4.78, 5) is 0. The zero-order chi connectivity index (χ0) is 9.90. The topological polar surface area (TPSA) is 30.5 Å². The summed E-state index contributed by atoms with van der Waals surface area (Å²) in [5.41, 5.74) is -0.0181. The van der Waals surface area contributed by atoms with Crippen molar-refractivity contribution in [3.8, 4) is 0 Å². The number of methoxy groups -OCH3 is 1. The average Bonchev–Trinajstić information content (AvgIpc) is 2.17. The van der Waals surface area contributed by atoms with Gasteiger partial charge in [-0.15, -0.1) is 0 Å². The number of morpholine rings is 1.